The van der Waals surface area contributed by atoms with Crippen molar-refractivity contribution in [3.63, 3.8) is 0 Å². The summed E-state index contributed by atoms with van der Waals surface area (Å²) >= 11 is 0. The second-order valence-corrected chi connectivity index (χ2v) is 6.84. The monoisotopic (exact) mass is 389 g/mol. The van der Waals surface area contributed by atoms with E-state index in [1.807, 2.05) is 36.1 Å². The van der Waals surface area contributed by atoms with E-state index in [0.717, 1.165) is 24.2 Å². The van der Waals surface area contributed by atoms with E-state index in [1.165, 1.54) is 0 Å². The first kappa shape index (κ1) is 20.3. The van der Waals surface area contributed by atoms with Gasteiger partial charge in [-0.15, -0.1) is 0 Å². The molecule has 1 aromatic carbocycles. The molecular formula is C20H27N3O5. The van der Waals surface area contributed by atoms with Gasteiger partial charge in [0.1, 0.15) is 12.4 Å². The maximum absolute atomic E-state index is 12.3. The molecule has 0 atom stereocenters. The number of rotatable bonds is 9. The van der Waals surface area contributed by atoms with Gasteiger partial charge in [0.2, 0.25) is 0 Å². The Bertz CT molecular complexity index is 756. The average molecular weight is 389 g/mol. The summed E-state index contributed by atoms with van der Waals surface area (Å²) in [6.45, 7) is 4.21. The molecule has 8 heteroatoms. The average Bonchev–Trinajstić information content (AvgIpc) is 3.17. The second kappa shape index (κ2) is 10.2. The van der Waals surface area contributed by atoms with Gasteiger partial charge in [-0.1, -0.05) is 17.3 Å². The Morgan fingerprint density at radius 3 is 2.89 bits per heavy atom. The van der Waals surface area contributed by atoms with Gasteiger partial charge < -0.3 is 23.6 Å². The Balaban J connectivity index is 1.35. The third-order valence-electron chi connectivity index (χ3n) is 4.63. The van der Waals surface area contributed by atoms with Crippen LogP contribution in [0.2, 0.25) is 0 Å². The standard InChI is InChI=1S/C20H27N3O5/c1-15-4-3-5-17(12-15)27-14-20(24)23-9-6-16(7-10-23)26-13-19-21-18(22-28-19)8-11-25-2/h3-5,12,16H,6-11,13-14H2,1-2H3. The lowest BCUT2D eigenvalue weighted by Gasteiger charge is -2.31. The molecule has 0 saturated carbocycles. The summed E-state index contributed by atoms with van der Waals surface area (Å²) in [5, 5.41) is 3.89. The van der Waals surface area contributed by atoms with Crippen molar-refractivity contribution in [2.24, 2.45) is 0 Å². The molecular weight excluding hydrogens is 362 g/mol. The molecule has 1 saturated heterocycles. The Kier molecular flexibility index (Phi) is 7.39. The molecule has 1 aliphatic heterocycles. The molecule has 0 bridgehead atoms. The zero-order chi connectivity index (χ0) is 19.8. The van der Waals surface area contributed by atoms with Crippen molar-refractivity contribution in [1.29, 1.82) is 0 Å². The van der Waals surface area contributed by atoms with E-state index in [-0.39, 0.29) is 25.2 Å². The van der Waals surface area contributed by atoms with Gasteiger partial charge in [-0.3, -0.25) is 4.79 Å². The first-order valence-electron chi connectivity index (χ1n) is 9.53. The lowest BCUT2D eigenvalue weighted by molar-refractivity contribution is -0.136. The van der Waals surface area contributed by atoms with Crippen LogP contribution in [0.25, 0.3) is 0 Å². The Hall–Kier alpha value is -2.45. The molecule has 8 nitrogen and oxygen atoms in total. The molecule has 28 heavy (non-hydrogen) atoms. The SMILES string of the molecule is COCCc1noc(COC2CCN(C(=O)COc3cccc(C)c3)CC2)n1. The fraction of sp³-hybridized carbons (Fsp3) is 0.550. The smallest absolute Gasteiger partial charge is 0.260 e. The summed E-state index contributed by atoms with van der Waals surface area (Å²) in [6, 6.07) is 7.69. The van der Waals surface area contributed by atoms with Crippen LogP contribution in [0.5, 0.6) is 5.75 Å². The topological polar surface area (TPSA) is 86.9 Å². The Morgan fingerprint density at radius 1 is 1.32 bits per heavy atom. The molecule has 2 heterocycles. The van der Waals surface area contributed by atoms with Gasteiger partial charge in [0.15, 0.2) is 12.4 Å². The fourth-order valence-electron chi connectivity index (χ4n) is 3.05. The van der Waals surface area contributed by atoms with Crippen LogP contribution in [0.3, 0.4) is 0 Å². The maximum atomic E-state index is 12.3. The van der Waals surface area contributed by atoms with E-state index < -0.39 is 0 Å². The number of hydrogen-bond donors (Lipinski definition) is 0. The summed E-state index contributed by atoms with van der Waals surface area (Å²) in [4.78, 5) is 18.4. The van der Waals surface area contributed by atoms with Crippen LogP contribution in [0, 0.1) is 6.92 Å². The van der Waals surface area contributed by atoms with E-state index in [0.29, 0.717) is 37.8 Å². The number of ether oxygens (including phenoxy) is 3. The van der Waals surface area contributed by atoms with E-state index in [4.69, 9.17) is 18.7 Å². The van der Waals surface area contributed by atoms with Crippen molar-refractivity contribution in [3.05, 3.63) is 41.5 Å². The highest BCUT2D eigenvalue weighted by Gasteiger charge is 2.24. The summed E-state index contributed by atoms with van der Waals surface area (Å²) in [5.74, 6) is 1.81. The number of carbonyl (C=O) groups excluding carboxylic acids is 1. The number of hydrogen-bond acceptors (Lipinski definition) is 7. The molecule has 1 amide bonds. The molecule has 3 rings (SSSR count). The third kappa shape index (κ3) is 6.03. The van der Waals surface area contributed by atoms with Gasteiger partial charge in [0.05, 0.1) is 12.7 Å². The summed E-state index contributed by atoms with van der Waals surface area (Å²) in [6.07, 6.45) is 2.25. The fourth-order valence-corrected chi connectivity index (χ4v) is 3.05. The first-order valence-corrected chi connectivity index (χ1v) is 9.53. The molecule has 0 N–H and O–H groups in total. The van der Waals surface area contributed by atoms with Gasteiger partial charge in [-0.25, -0.2) is 0 Å². The number of likely N-dealkylation sites (tertiary alicyclic amines) is 1. The quantitative estimate of drug-likeness (QED) is 0.649. The number of aryl methyl sites for hydroxylation is 1. The van der Waals surface area contributed by atoms with Gasteiger partial charge in [0.25, 0.3) is 11.8 Å². The highest BCUT2D eigenvalue weighted by Crippen LogP contribution is 2.17. The third-order valence-corrected chi connectivity index (χ3v) is 4.63. The minimum absolute atomic E-state index is 0.000331. The number of aromatic nitrogens is 2. The van der Waals surface area contributed by atoms with Crippen molar-refractivity contribution >= 4 is 5.91 Å². The summed E-state index contributed by atoms with van der Waals surface area (Å²) in [5.41, 5.74) is 1.11. The van der Waals surface area contributed by atoms with Crippen molar-refractivity contribution < 1.29 is 23.5 Å². The zero-order valence-electron chi connectivity index (χ0n) is 16.4. The summed E-state index contributed by atoms with van der Waals surface area (Å²) in [7, 11) is 1.63. The van der Waals surface area contributed by atoms with Crippen molar-refractivity contribution in [1.82, 2.24) is 15.0 Å². The van der Waals surface area contributed by atoms with Crippen LogP contribution < -0.4 is 4.74 Å². The largest absolute Gasteiger partial charge is 0.484 e. The van der Waals surface area contributed by atoms with Crippen LogP contribution in [0.4, 0.5) is 0 Å². The molecule has 0 radical (unpaired) electrons. The molecule has 152 valence electrons. The van der Waals surface area contributed by atoms with Crippen molar-refractivity contribution in [3.8, 4) is 5.75 Å². The molecule has 1 fully saturated rings. The maximum Gasteiger partial charge on any atom is 0.260 e. The van der Waals surface area contributed by atoms with E-state index in [2.05, 4.69) is 10.1 Å². The van der Waals surface area contributed by atoms with Crippen LogP contribution in [0.1, 0.15) is 30.1 Å². The molecule has 0 spiro atoms. The van der Waals surface area contributed by atoms with E-state index in [1.54, 1.807) is 7.11 Å². The minimum Gasteiger partial charge on any atom is -0.484 e. The van der Waals surface area contributed by atoms with Gasteiger partial charge >= 0.3 is 0 Å². The predicted octanol–water partition coefficient (Wildman–Crippen LogP) is 2.15. The van der Waals surface area contributed by atoms with Crippen molar-refractivity contribution in [2.75, 3.05) is 33.4 Å². The van der Waals surface area contributed by atoms with Crippen LogP contribution in [-0.4, -0.2) is 60.5 Å². The Morgan fingerprint density at radius 2 is 2.14 bits per heavy atom. The molecule has 2 aromatic rings. The normalized spacial score (nSPS) is 15.0. The van der Waals surface area contributed by atoms with Crippen LogP contribution >= 0.6 is 0 Å². The molecule has 1 aliphatic rings. The number of methoxy groups -OCH3 is 1. The van der Waals surface area contributed by atoms with Crippen LogP contribution in [0.15, 0.2) is 28.8 Å². The highest BCUT2D eigenvalue weighted by molar-refractivity contribution is 5.77. The second-order valence-electron chi connectivity index (χ2n) is 6.84. The predicted molar refractivity (Wildman–Crippen MR) is 101 cm³/mol. The lowest BCUT2D eigenvalue weighted by atomic mass is 10.1. The zero-order valence-corrected chi connectivity index (χ0v) is 16.4. The van der Waals surface area contributed by atoms with E-state index >= 15 is 0 Å². The summed E-state index contributed by atoms with van der Waals surface area (Å²) < 4.78 is 21.6. The van der Waals surface area contributed by atoms with E-state index in [9.17, 15) is 4.79 Å². The van der Waals surface area contributed by atoms with Gasteiger partial charge in [-0.05, 0) is 37.5 Å². The number of carbonyl (C=O) groups is 1. The number of nitrogens with zero attached hydrogens (tertiary/aromatic N) is 3. The highest BCUT2D eigenvalue weighted by atomic mass is 16.5. The van der Waals surface area contributed by atoms with Gasteiger partial charge in [-0.2, -0.15) is 4.98 Å². The Labute approximate surface area is 164 Å². The number of piperidine rings is 1. The number of benzene rings is 1. The first-order chi connectivity index (χ1) is 13.6. The lowest BCUT2D eigenvalue weighted by Crippen LogP contribution is -2.42. The molecule has 1 aromatic heterocycles. The minimum atomic E-state index is -0.000331. The number of amides is 1. The van der Waals surface area contributed by atoms with Gasteiger partial charge in [0, 0.05) is 26.6 Å². The molecule has 0 unspecified atom stereocenters. The van der Waals surface area contributed by atoms with Crippen molar-refractivity contribution in [2.45, 2.75) is 38.9 Å². The van der Waals surface area contributed by atoms with Crippen LogP contribution in [-0.2, 0) is 27.3 Å². The molecule has 0 aliphatic carbocycles.